The lowest BCUT2D eigenvalue weighted by Crippen LogP contribution is -2.14. The number of fused-ring (bicyclic) bond motifs is 2. The summed E-state index contributed by atoms with van der Waals surface area (Å²) in [5.74, 6) is 0.621. The van der Waals surface area contributed by atoms with Gasteiger partial charge in [-0.3, -0.25) is 9.78 Å². The Morgan fingerprint density at radius 1 is 1.08 bits per heavy atom. The number of nitrogens with one attached hydrogen (secondary N) is 1. The van der Waals surface area contributed by atoms with Crippen molar-refractivity contribution < 1.29 is 9.53 Å². The van der Waals surface area contributed by atoms with Crippen molar-refractivity contribution in [1.29, 1.82) is 0 Å². The zero-order valence-electron chi connectivity index (χ0n) is 14.4. The van der Waals surface area contributed by atoms with E-state index < -0.39 is 0 Å². The number of aromatic nitrogens is 1. The van der Waals surface area contributed by atoms with Gasteiger partial charge in [-0.1, -0.05) is 6.07 Å². The fraction of sp³-hybridized carbons (Fsp3) is 0.238. The van der Waals surface area contributed by atoms with Crippen LogP contribution in [0.2, 0.25) is 0 Å². The van der Waals surface area contributed by atoms with Crippen LogP contribution in [0.1, 0.15) is 33.6 Å². The third-order valence-corrected chi connectivity index (χ3v) is 4.81. The van der Waals surface area contributed by atoms with E-state index in [-0.39, 0.29) is 5.91 Å². The summed E-state index contributed by atoms with van der Waals surface area (Å²) in [6.07, 6.45) is 3.43. The lowest BCUT2D eigenvalue weighted by molar-refractivity contribution is 0.102. The molecule has 3 aromatic rings. The number of methoxy groups -OCH3 is 1. The highest BCUT2D eigenvalue weighted by Crippen LogP contribution is 2.26. The second-order valence-electron chi connectivity index (χ2n) is 6.47. The number of carbonyl (C=O) groups is 1. The molecular formula is C21H20N2O2. The Balaban J connectivity index is 1.66. The molecule has 0 aliphatic heterocycles. The summed E-state index contributed by atoms with van der Waals surface area (Å²) < 4.78 is 5.26. The first-order valence-corrected chi connectivity index (χ1v) is 8.52. The van der Waals surface area contributed by atoms with Crippen LogP contribution in [-0.4, -0.2) is 18.0 Å². The van der Waals surface area contributed by atoms with E-state index in [1.807, 2.05) is 37.3 Å². The average molecular weight is 332 g/mol. The van der Waals surface area contributed by atoms with Gasteiger partial charge in [-0.2, -0.15) is 0 Å². The monoisotopic (exact) mass is 332 g/mol. The minimum atomic E-state index is -0.132. The summed E-state index contributed by atoms with van der Waals surface area (Å²) in [5.41, 5.74) is 5.74. The van der Waals surface area contributed by atoms with Crippen LogP contribution in [0.3, 0.4) is 0 Å². The third kappa shape index (κ3) is 2.95. The molecule has 4 nitrogen and oxygen atoms in total. The van der Waals surface area contributed by atoms with E-state index in [1.54, 1.807) is 7.11 Å². The summed E-state index contributed by atoms with van der Waals surface area (Å²) in [6.45, 7) is 1.86. The van der Waals surface area contributed by atoms with Crippen LogP contribution in [0.15, 0.2) is 42.5 Å². The van der Waals surface area contributed by atoms with Gasteiger partial charge in [-0.15, -0.1) is 0 Å². The van der Waals surface area contributed by atoms with Crippen molar-refractivity contribution in [2.75, 3.05) is 12.4 Å². The molecule has 25 heavy (non-hydrogen) atoms. The fourth-order valence-corrected chi connectivity index (χ4v) is 3.46. The van der Waals surface area contributed by atoms with E-state index in [0.29, 0.717) is 5.56 Å². The van der Waals surface area contributed by atoms with Gasteiger partial charge in [0.25, 0.3) is 5.91 Å². The lowest BCUT2D eigenvalue weighted by atomic mass is 10.1. The predicted octanol–water partition coefficient (Wildman–Crippen LogP) is 4.29. The summed E-state index contributed by atoms with van der Waals surface area (Å²) in [4.78, 5) is 17.3. The number of anilines is 1. The molecule has 1 aromatic heterocycles. The Kier molecular flexibility index (Phi) is 3.88. The second kappa shape index (κ2) is 6.20. The SMILES string of the molecule is COc1ccc2nc(C)c(C(=O)Nc3ccc4c(c3)CCC4)cc2c1. The Morgan fingerprint density at radius 3 is 2.76 bits per heavy atom. The topological polar surface area (TPSA) is 51.2 Å². The van der Waals surface area contributed by atoms with E-state index in [9.17, 15) is 4.79 Å². The maximum atomic E-state index is 12.8. The number of nitrogens with zero attached hydrogens (tertiary/aromatic N) is 1. The van der Waals surface area contributed by atoms with E-state index in [4.69, 9.17) is 4.74 Å². The summed E-state index contributed by atoms with van der Waals surface area (Å²) in [7, 11) is 1.63. The van der Waals surface area contributed by atoms with Crippen LogP contribution < -0.4 is 10.1 Å². The quantitative estimate of drug-likeness (QED) is 0.778. The standard InChI is InChI=1S/C21H20N2O2/c1-13-19(12-16-11-18(25-2)8-9-20(16)22-13)21(24)23-17-7-6-14-4-3-5-15(14)10-17/h6-12H,3-5H2,1-2H3,(H,23,24). The van der Waals surface area contributed by atoms with Crippen molar-refractivity contribution in [3.63, 3.8) is 0 Å². The summed E-state index contributed by atoms with van der Waals surface area (Å²) >= 11 is 0. The fourth-order valence-electron chi connectivity index (χ4n) is 3.46. The molecule has 126 valence electrons. The average Bonchev–Trinajstić information content (AvgIpc) is 3.08. The minimum absolute atomic E-state index is 0.132. The number of amides is 1. The molecule has 0 saturated carbocycles. The van der Waals surface area contributed by atoms with Crippen molar-refractivity contribution >= 4 is 22.5 Å². The molecule has 1 heterocycles. The number of rotatable bonds is 3. The van der Waals surface area contributed by atoms with Gasteiger partial charge in [0.1, 0.15) is 5.75 Å². The molecule has 0 saturated heterocycles. The van der Waals surface area contributed by atoms with Gasteiger partial charge < -0.3 is 10.1 Å². The smallest absolute Gasteiger partial charge is 0.257 e. The molecule has 2 aromatic carbocycles. The highest BCUT2D eigenvalue weighted by atomic mass is 16.5. The number of benzene rings is 2. The predicted molar refractivity (Wildman–Crippen MR) is 99.5 cm³/mol. The van der Waals surface area contributed by atoms with Gasteiger partial charge in [0.2, 0.25) is 0 Å². The van der Waals surface area contributed by atoms with Gasteiger partial charge in [0.05, 0.1) is 23.9 Å². The number of carbonyl (C=O) groups excluding carboxylic acids is 1. The molecule has 0 atom stereocenters. The zero-order chi connectivity index (χ0) is 17.4. The van der Waals surface area contributed by atoms with E-state index in [0.717, 1.165) is 40.9 Å². The third-order valence-electron chi connectivity index (χ3n) is 4.81. The maximum absolute atomic E-state index is 12.8. The van der Waals surface area contributed by atoms with Crippen molar-refractivity contribution in [2.45, 2.75) is 26.2 Å². The van der Waals surface area contributed by atoms with Gasteiger partial charge in [0, 0.05) is 11.1 Å². The van der Waals surface area contributed by atoms with E-state index in [2.05, 4.69) is 22.4 Å². The van der Waals surface area contributed by atoms with Crippen LogP contribution in [0.4, 0.5) is 5.69 Å². The number of pyridine rings is 1. The Bertz CT molecular complexity index is 979. The van der Waals surface area contributed by atoms with Gasteiger partial charge in [-0.25, -0.2) is 0 Å². The number of hydrogen-bond acceptors (Lipinski definition) is 3. The first-order valence-electron chi connectivity index (χ1n) is 8.52. The number of ether oxygens (including phenoxy) is 1. The van der Waals surface area contributed by atoms with Crippen LogP contribution in [-0.2, 0) is 12.8 Å². The summed E-state index contributed by atoms with van der Waals surface area (Å²) in [6, 6.07) is 13.7. The largest absolute Gasteiger partial charge is 0.497 e. The van der Waals surface area contributed by atoms with Crippen LogP contribution >= 0.6 is 0 Å². The Morgan fingerprint density at radius 2 is 1.92 bits per heavy atom. The molecule has 0 spiro atoms. The van der Waals surface area contributed by atoms with Gasteiger partial charge in [-0.05, 0) is 73.7 Å². The maximum Gasteiger partial charge on any atom is 0.257 e. The van der Waals surface area contributed by atoms with Gasteiger partial charge in [0.15, 0.2) is 0 Å². The molecule has 1 amide bonds. The zero-order valence-corrected chi connectivity index (χ0v) is 14.4. The van der Waals surface area contributed by atoms with E-state index >= 15 is 0 Å². The van der Waals surface area contributed by atoms with Crippen molar-refractivity contribution in [2.24, 2.45) is 0 Å². The molecule has 0 radical (unpaired) electrons. The molecule has 1 aliphatic rings. The number of hydrogen-bond donors (Lipinski definition) is 1. The van der Waals surface area contributed by atoms with Crippen molar-refractivity contribution in [1.82, 2.24) is 4.98 Å². The molecule has 1 N–H and O–H groups in total. The molecular weight excluding hydrogens is 312 g/mol. The molecule has 0 bridgehead atoms. The minimum Gasteiger partial charge on any atom is -0.497 e. The Hall–Kier alpha value is -2.88. The van der Waals surface area contributed by atoms with Crippen LogP contribution in [0.5, 0.6) is 5.75 Å². The molecule has 4 heteroatoms. The number of aryl methyl sites for hydroxylation is 3. The van der Waals surface area contributed by atoms with Crippen molar-refractivity contribution in [3.8, 4) is 5.75 Å². The first-order chi connectivity index (χ1) is 12.1. The normalized spacial score (nSPS) is 12.9. The first kappa shape index (κ1) is 15.6. The molecule has 0 unspecified atom stereocenters. The van der Waals surface area contributed by atoms with E-state index in [1.165, 1.54) is 17.5 Å². The second-order valence-corrected chi connectivity index (χ2v) is 6.47. The van der Waals surface area contributed by atoms with Gasteiger partial charge >= 0.3 is 0 Å². The van der Waals surface area contributed by atoms with Crippen molar-refractivity contribution in [3.05, 3.63) is 64.8 Å². The highest BCUT2D eigenvalue weighted by Gasteiger charge is 2.15. The van der Waals surface area contributed by atoms with Crippen LogP contribution in [0, 0.1) is 6.92 Å². The molecule has 0 fully saturated rings. The molecule has 4 rings (SSSR count). The lowest BCUT2D eigenvalue weighted by Gasteiger charge is -2.11. The van der Waals surface area contributed by atoms with Crippen LogP contribution in [0.25, 0.3) is 10.9 Å². The Labute approximate surface area is 146 Å². The highest BCUT2D eigenvalue weighted by molar-refractivity contribution is 6.06. The summed E-state index contributed by atoms with van der Waals surface area (Å²) in [5, 5.41) is 3.90. The molecule has 1 aliphatic carbocycles.